The number of carbonyl (C=O) groups is 2. The van der Waals surface area contributed by atoms with Gasteiger partial charge in [0.15, 0.2) is 0 Å². The summed E-state index contributed by atoms with van der Waals surface area (Å²) in [6.45, 7) is 8.13. The lowest BCUT2D eigenvalue weighted by molar-refractivity contribution is -0.303. The molecular formula is C58H60N2O4P2. The fraction of sp³-hybridized carbons (Fsp3) is 0.138. The standard InChI is InChI=1S/2C27H27NP.2C2H4O2/c2*1-23-13-11-12-20-27(23)28-21-22-29(24-14-5-2-6-15-24,25-16-7-3-8-17-25)26-18-9-4-10-19-26;2*1-2(3)4/h2*2-20,28H,21-22H2,1H3;2*1H3,(H,3,4)/q2*+1;;/p-2. The molecule has 0 aliphatic rings. The van der Waals surface area contributed by atoms with Crippen LogP contribution >= 0.6 is 14.5 Å². The van der Waals surface area contributed by atoms with Crippen molar-refractivity contribution in [2.75, 3.05) is 36.0 Å². The predicted octanol–water partition coefficient (Wildman–Crippen LogP) is 8.31. The summed E-state index contributed by atoms with van der Waals surface area (Å²) in [5.74, 6) is -2.17. The van der Waals surface area contributed by atoms with Crippen molar-refractivity contribution in [3.63, 3.8) is 0 Å². The van der Waals surface area contributed by atoms with E-state index in [1.807, 2.05) is 0 Å². The van der Waals surface area contributed by atoms with E-state index in [2.05, 4.69) is 255 Å². The monoisotopic (exact) mass is 910 g/mol. The van der Waals surface area contributed by atoms with E-state index in [0.717, 1.165) is 39.3 Å². The number of carboxylic acid groups (broad SMARTS) is 2. The quantitative estimate of drug-likeness (QED) is 0.107. The third-order valence-corrected chi connectivity index (χ3v) is 19.9. The Morgan fingerprint density at radius 3 is 0.727 bits per heavy atom. The van der Waals surface area contributed by atoms with E-state index in [1.165, 1.54) is 54.3 Å². The van der Waals surface area contributed by atoms with Crippen molar-refractivity contribution in [3.05, 3.63) is 242 Å². The van der Waals surface area contributed by atoms with Crippen LogP contribution in [0.5, 0.6) is 0 Å². The van der Waals surface area contributed by atoms with Crippen molar-refractivity contribution >= 4 is 69.7 Å². The van der Waals surface area contributed by atoms with Gasteiger partial charge in [0.25, 0.3) is 0 Å². The van der Waals surface area contributed by atoms with E-state index in [1.54, 1.807) is 0 Å². The lowest BCUT2D eigenvalue weighted by atomic mass is 10.2. The van der Waals surface area contributed by atoms with E-state index in [9.17, 15) is 0 Å². The number of rotatable bonds is 14. The summed E-state index contributed by atoms with van der Waals surface area (Å²) in [6.07, 6.45) is 2.14. The average molecular weight is 911 g/mol. The molecule has 0 bridgehead atoms. The van der Waals surface area contributed by atoms with E-state index >= 15 is 0 Å². The third-order valence-electron chi connectivity index (χ3n) is 11.0. The molecule has 8 aromatic carbocycles. The summed E-state index contributed by atoms with van der Waals surface area (Å²) in [7, 11) is -3.54. The summed E-state index contributed by atoms with van der Waals surface area (Å²) in [4.78, 5) is 17.8. The topological polar surface area (TPSA) is 104 Å². The van der Waals surface area contributed by atoms with Crippen LogP contribution in [0.15, 0.2) is 231 Å². The predicted molar refractivity (Wildman–Crippen MR) is 281 cm³/mol. The lowest BCUT2D eigenvalue weighted by Gasteiger charge is -2.28. The number of carbonyl (C=O) groups excluding carboxylic acids is 2. The van der Waals surface area contributed by atoms with Crippen molar-refractivity contribution in [2.45, 2.75) is 27.7 Å². The van der Waals surface area contributed by atoms with Gasteiger partial charge in [-0.1, -0.05) is 146 Å². The van der Waals surface area contributed by atoms with Gasteiger partial charge in [0.1, 0.15) is 46.4 Å². The number of anilines is 2. The number of hydrogen-bond donors (Lipinski definition) is 2. The van der Waals surface area contributed by atoms with Crippen LogP contribution in [0.2, 0.25) is 0 Å². The van der Waals surface area contributed by atoms with Crippen molar-refractivity contribution in [2.24, 2.45) is 0 Å². The molecular weight excluding hydrogens is 851 g/mol. The zero-order chi connectivity index (χ0) is 47.0. The van der Waals surface area contributed by atoms with Crippen molar-refractivity contribution in [1.29, 1.82) is 0 Å². The number of nitrogens with one attached hydrogen (secondary N) is 2. The summed E-state index contributed by atoms with van der Waals surface area (Å²) in [6, 6.07) is 83.5. The summed E-state index contributed by atoms with van der Waals surface area (Å²) >= 11 is 0. The van der Waals surface area contributed by atoms with Gasteiger partial charge >= 0.3 is 0 Å². The Morgan fingerprint density at radius 1 is 0.348 bits per heavy atom. The van der Waals surface area contributed by atoms with Crippen LogP contribution in [0, 0.1) is 13.8 Å². The van der Waals surface area contributed by atoms with Gasteiger partial charge in [-0.2, -0.15) is 0 Å². The molecule has 0 saturated carbocycles. The highest BCUT2D eigenvalue weighted by molar-refractivity contribution is 7.96. The number of benzene rings is 8. The highest BCUT2D eigenvalue weighted by Crippen LogP contribution is 2.56. The van der Waals surface area contributed by atoms with E-state index < -0.39 is 26.5 Å². The minimum Gasteiger partial charge on any atom is -0.550 e. The minimum atomic E-state index is -1.77. The first-order chi connectivity index (χ1) is 32.1. The number of para-hydroxylation sites is 2. The fourth-order valence-corrected chi connectivity index (χ4v) is 16.3. The van der Waals surface area contributed by atoms with Crippen LogP contribution in [-0.4, -0.2) is 37.4 Å². The Balaban J connectivity index is 0.000000213. The highest BCUT2D eigenvalue weighted by atomic mass is 31.2. The third kappa shape index (κ3) is 14.1. The van der Waals surface area contributed by atoms with Gasteiger partial charge < -0.3 is 30.4 Å². The molecule has 0 heterocycles. The Hall–Kier alpha value is -6.84. The Morgan fingerprint density at radius 2 is 0.530 bits per heavy atom. The molecule has 336 valence electrons. The maximum atomic E-state index is 8.89. The zero-order valence-corrected chi connectivity index (χ0v) is 40.1. The first kappa shape index (κ1) is 50.2. The molecule has 8 heteroatoms. The van der Waals surface area contributed by atoms with E-state index in [0.29, 0.717) is 0 Å². The Labute approximate surface area is 393 Å². The molecule has 0 amide bonds. The van der Waals surface area contributed by atoms with Crippen LogP contribution in [0.25, 0.3) is 0 Å². The molecule has 0 spiro atoms. The Bertz CT molecular complexity index is 2250. The van der Waals surface area contributed by atoms with Gasteiger partial charge in [-0.05, 0) is 124 Å². The number of carboxylic acids is 2. The lowest BCUT2D eigenvalue weighted by Crippen LogP contribution is -2.35. The largest absolute Gasteiger partial charge is 0.550 e. The van der Waals surface area contributed by atoms with Crippen LogP contribution < -0.4 is 52.7 Å². The molecule has 8 rings (SSSR count). The van der Waals surface area contributed by atoms with E-state index in [4.69, 9.17) is 19.8 Å². The van der Waals surface area contributed by atoms with Crippen molar-refractivity contribution in [3.8, 4) is 0 Å². The maximum absolute atomic E-state index is 8.89. The smallest absolute Gasteiger partial charge is 0.113 e. The SMILES string of the molecule is CC(=O)[O-].CC(=O)[O-].Cc1ccccc1NCC[P+](c1ccccc1)(c1ccccc1)c1ccccc1.Cc1ccccc1NCC[P+](c1ccccc1)(c1ccccc1)c1ccccc1. The molecule has 0 atom stereocenters. The molecule has 0 fully saturated rings. The van der Waals surface area contributed by atoms with Gasteiger partial charge in [0.05, 0.1) is 12.3 Å². The Kier molecular flexibility index (Phi) is 19.9. The van der Waals surface area contributed by atoms with Crippen LogP contribution in [0.4, 0.5) is 11.4 Å². The number of aryl methyl sites for hydroxylation is 2. The van der Waals surface area contributed by atoms with Crippen molar-refractivity contribution < 1.29 is 19.8 Å². The van der Waals surface area contributed by atoms with Gasteiger partial charge in [-0.15, -0.1) is 0 Å². The van der Waals surface area contributed by atoms with Gasteiger partial charge in [-0.25, -0.2) is 0 Å². The second-order valence-corrected chi connectivity index (χ2v) is 22.8. The van der Waals surface area contributed by atoms with Crippen LogP contribution in [0.3, 0.4) is 0 Å². The molecule has 0 radical (unpaired) electrons. The second-order valence-electron chi connectivity index (χ2n) is 15.5. The number of hydrogen-bond acceptors (Lipinski definition) is 6. The first-order valence-corrected chi connectivity index (χ1v) is 26.1. The summed E-state index contributed by atoms with van der Waals surface area (Å²) < 4.78 is 0. The first-order valence-electron chi connectivity index (χ1n) is 22.1. The molecule has 0 aliphatic heterocycles. The zero-order valence-electron chi connectivity index (χ0n) is 38.3. The van der Waals surface area contributed by atoms with Gasteiger partial charge in [0.2, 0.25) is 0 Å². The molecule has 8 aromatic rings. The normalized spacial score (nSPS) is 10.6. The van der Waals surface area contributed by atoms with E-state index in [-0.39, 0.29) is 0 Å². The molecule has 0 aliphatic carbocycles. The minimum absolute atomic E-state index is 0.928. The van der Waals surface area contributed by atoms with Crippen LogP contribution in [-0.2, 0) is 9.59 Å². The average Bonchev–Trinajstić information content (AvgIpc) is 3.34. The highest BCUT2D eigenvalue weighted by Gasteiger charge is 2.46. The second kappa shape index (κ2) is 26.2. The number of aliphatic carboxylic acids is 2. The molecule has 2 N–H and O–H groups in total. The molecule has 0 saturated heterocycles. The van der Waals surface area contributed by atoms with Crippen LogP contribution in [0.1, 0.15) is 25.0 Å². The molecule has 66 heavy (non-hydrogen) atoms. The molecule has 6 nitrogen and oxygen atoms in total. The summed E-state index contributed by atoms with van der Waals surface area (Å²) in [5, 5.41) is 33.8. The molecule has 0 unspecified atom stereocenters. The maximum Gasteiger partial charge on any atom is 0.113 e. The van der Waals surface area contributed by atoms with Crippen molar-refractivity contribution in [1.82, 2.24) is 0 Å². The molecule has 0 aromatic heterocycles. The van der Waals surface area contributed by atoms with Gasteiger partial charge in [-0.3, -0.25) is 0 Å². The fourth-order valence-electron chi connectivity index (χ4n) is 8.02. The van der Waals surface area contributed by atoms with Gasteiger partial charge in [0, 0.05) is 36.4 Å². The summed E-state index contributed by atoms with van der Waals surface area (Å²) in [5.41, 5.74) is 5.02.